The fourth-order valence-electron chi connectivity index (χ4n) is 2.04. The second-order valence-corrected chi connectivity index (χ2v) is 5.46. The molecule has 0 aliphatic heterocycles. The molecule has 20 heavy (non-hydrogen) atoms. The van der Waals surface area contributed by atoms with E-state index in [1.807, 2.05) is 35.0 Å². The topological polar surface area (TPSA) is 29.9 Å². The lowest BCUT2D eigenvalue weighted by Crippen LogP contribution is -2.02. The van der Waals surface area contributed by atoms with Crippen molar-refractivity contribution in [1.82, 2.24) is 9.55 Å². The van der Waals surface area contributed by atoms with E-state index in [-0.39, 0.29) is 0 Å². The lowest BCUT2D eigenvalue weighted by atomic mass is 10.2. The molecule has 100 valence electrons. The molecule has 3 rings (SSSR count). The van der Waals surface area contributed by atoms with Crippen molar-refractivity contribution in [3.63, 3.8) is 0 Å². The molecule has 0 saturated carbocycles. The van der Waals surface area contributed by atoms with E-state index in [0.29, 0.717) is 0 Å². The Bertz CT molecular complexity index is 720. The summed E-state index contributed by atoms with van der Waals surface area (Å²) in [6, 6.07) is 16.3. The van der Waals surface area contributed by atoms with Crippen LogP contribution in [0.4, 0.5) is 11.6 Å². The smallest absolute Gasteiger partial charge is 0.212 e. The molecule has 0 radical (unpaired) electrons. The minimum atomic E-state index is 0.803. The largest absolute Gasteiger partial charge is 0.325 e. The molecule has 0 saturated heterocycles. The number of rotatable bonds is 3. The maximum Gasteiger partial charge on any atom is 0.212 e. The Hall–Kier alpha value is -2.07. The maximum absolute atomic E-state index is 4.40. The summed E-state index contributed by atoms with van der Waals surface area (Å²) in [6.45, 7) is 2.07. The number of aromatic nitrogens is 2. The van der Waals surface area contributed by atoms with Gasteiger partial charge in [-0.15, -0.1) is 0 Å². The number of anilines is 2. The minimum Gasteiger partial charge on any atom is -0.325 e. The van der Waals surface area contributed by atoms with Gasteiger partial charge in [-0.2, -0.15) is 0 Å². The van der Waals surface area contributed by atoms with E-state index in [1.54, 1.807) is 6.20 Å². The van der Waals surface area contributed by atoms with E-state index in [2.05, 4.69) is 57.4 Å². The van der Waals surface area contributed by atoms with Gasteiger partial charge in [0.05, 0.1) is 0 Å². The second-order valence-electron chi connectivity index (χ2n) is 4.54. The Labute approximate surface area is 126 Å². The summed E-state index contributed by atoms with van der Waals surface area (Å²) in [5, 5.41) is 3.38. The van der Waals surface area contributed by atoms with Gasteiger partial charge in [-0.3, -0.25) is 4.57 Å². The fraction of sp³-hybridized carbons (Fsp3) is 0.0625. The fourth-order valence-corrected chi connectivity index (χ4v) is 2.40. The number of para-hydroxylation sites is 1. The van der Waals surface area contributed by atoms with E-state index < -0.39 is 0 Å². The zero-order valence-electron chi connectivity index (χ0n) is 11.0. The molecule has 0 atom stereocenters. The monoisotopic (exact) mass is 327 g/mol. The van der Waals surface area contributed by atoms with Crippen molar-refractivity contribution in [2.75, 3.05) is 5.32 Å². The second kappa shape index (κ2) is 5.51. The van der Waals surface area contributed by atoms with Crippen LogP contribution in [-0.2, 0) is 0 Å². The Balaban J connectivity index is 1.97. The first-order valence-electron chi connectivity index (χ1n) is 6.36. The van der Waals surface area contributed by atoms with Crippen molar-refractivity contribution in [3.05, 3.63) is 71.0 Å². The van der Waals surface area contributed by atoms with Gasteiger partial charge in [-0.25, -0.2) is 4.98 Å². The van der Waals surface area contributed by atoms with E-state index in [4.69, 9.17) is 0 Å². The number of halogens is 1. The van der Waals surface area contributed by atoms with Crippen LogP contribution in [0.25, 0.3) is 5.69 Å². The summed E-state index contributed by atoms with van der Waals surface area (Å²) in [6.07, 6.45) is 3.74. The van der Waals surface area contributed by atoms with E-state index in [9.17, 15) is 0 Å². The van der Waals surface area contributed by atoms with Crippen molar-refractivity contribution >= 4 is 27.6 Å². The standard InChI is InChI=1S/C16H14BrN3/c1-12-7-8-13(17)11-15(12)19-16-18-9-10-20(16)14-5-3-2-4-6-14/h2-11H,1H3,(H,18,19). The molecular weight excluding hydrogens is 314 g/mol. The molecular formula is C16H14BrN3. The van der Waals surface area contributed by atoms with Crippen LogP contribution < -0.4 is 5.32 Å². The molecule has 0 amide bonds. The molecule has 1 N–H and O–H groups in total. The van der Waals surface area contributed by atoms with Gasteiger partial charge in [-0.1, -0.05) is 40.2 Å². The number of imidazole rings is 1. The van der Waals surface area contributed by atoms with Gasteiger partial charge in [0.2, 0.25) is 5.95 Å². The highest BCUT2D eigenvalue weighted by atomic mass is 79.9. The average molecular weight is 328 g/mol. The third-order valence-corrected chi connectivity index (χ3v) is 3.61. The Kier molecular flexibility index (Phi) is 3.56. The highest BCUT2D eigenvalue weighted by Crippen LogP contribution is 2.25. The highest BCUT2D eigenvalue weighted by Gasteiger charge is 2.06. The van der Waals surface area contributed by atoms with Gasteiger partial charge in [0.1, 0.15) is 0 Å². The van der Waals surface area contributed by atoms with Gasteiger partial charge in [0, 0.05) is 28.2 Å². The predicted molar refractivity (Wildman–Crippen MR) is 85.7 cm³/mol. The van der Waals surface area contributed by atoms with Crippen LogP contribution in [0.2, 0.25) is 0 Å². The quantitative estimate of drug-likeness (QED) is 0.756. The van der Waals surface area contributed by atoms with E-state index in [1.165, 1.54) is 5.56 Å². The number of benzene rings is 2. The SMILES string of the molecule is Cc1ccc(Br)cc1Nc1nccn1-c1ccccc1. The van der Waals surface area contributed by atoms with Gasteiger partial charge in [-0.05, 0) is 36.8 Å². The summed E-state index contributed by atoms with van der Waals surface area (Å²) in [5.41, 5.74) is 3.30. The molecule has 0 aliphatic carbocycles. The van der Waals surface area contributed by atoms with Crippen LogP contribution in [0.3, 0.4) is 0 Å². The number of nitrogens with zero attached hydrogens (tertiary/aromatic N) is 2. The summed E-state index contributed by atoms with van der Waals surface area (Å²) >= 11 is 3.50. The molecule has 1 aromatic heterocycles. The number of aryl methyl sites for hydroxylation is 1. The molecule has 0 fully saturated rings. The van der Waals surface area contributed by atoms with Gasteiger partial charge < -0.3 is 5.32 Å². The predicted octanol–water partition coefficient (Wildman–Crippen LogP) is 4.69. The third-order valence-electron chi connectivity index (χ3n) is 3.12. The molecule has 0 bridgehead atoms. The van der Waals surface area contributed by atoms with Crippen molar-refractivity contribution in [2.45, 2.75) is 6.92 Å². The average Bonchev–Trinajstić information content (AvgIpc) is 2.92. The molecule has 0 unspecified atom stereocenters. The molecule has 1 heterocycles. The third kappa shape index (κ3) is 2.60. The van der Waals surface area contributed by atoms with Gasteiger partial charge in [0.15, 0.2) is 0 Å². The van der Waals surface area contributed by atoms with Crippen molar-refractivity contribution in [3.8, 4) is 5.69 Å². The maximum atomic E-state index is 4.40. The first-order valence-corrected chi connectivity index (χ1v) is 7.15. The lowest BCUT2D eigenvalue weighted by Gasteiger charge is -2.12. The van der Waals surface area contributed by atoms with Gasteiger partial charge >= 0.3 is 0 Å². The number of hydrogen-bond donors (Lipinski definition) is 1. The molecule has 4 heteroatoms. The minimum absolute atomic E-state index is 0.803. The van der Waals surface area contributed by atoms with Crippen molar-refractivity contribution in [2.24, 2.45) is 0 Å². The van der Waals surface area contributed by atoms with E-state index in [0.717, 1.165) is 21.8 Å². The van der Waals surface area contributed by atoms with E-state index >= 15 is 0 Å². The molecule has 3 aromatic rings. The van der Waals surface area contributed by atoms with Crippen molar-refractivity contribution in [1.29, 1.82) is 0 Å². The Morgan fingerprint density at radius 3 is 2.70 bits per heavy atom. The molecule has 0 spiro atoms. The highest BCUT2D eigenvalue weighted by molar-refractivity contribution is 9.10. The number of hydrogen-bond acceptors (Lipinski definition) is 2. The van der Waals surface area contributed by atoms with Crippen LogP contribution in [0, 0.1) is 6.92 Å². The van der Waals surface area contributed by atoms with Crippen LogP contribution in [0.5, 0.6) is 0 Å². The summed E-state index contributed by atoms with van der Waals surface area (Å²) in [5.74, 6) is 0.803. The molecule has 0 aliphatic rings. The molecule has 3 nitrogen and oxygen atoms in total. The zero-order valence-corrected chi connectivity index (χ0v) is 12.6. The Morgan fingerprint density at radius 2 is 1.90 bits per heavy atom. The normalized spacial score (nSPS) is 10.5. The van der Waals surface area contributed by atoms with Gasteiger partial charge in [0.25, 0.3) is 0 Å². The molecule has 2 aromatic carbocycles. The summed E-state index contributed by atoms with van der Waals surface area (Å²) in [7, 11) is 0. The van der Waals surface area contributed by atoms with Crippen LogP contribution >= 0.6 is 15.9 Å². The van der Waals surface area contributed by atoms with Crippen molar-refractivity contribution < 1.29 is 0 Å². The lowest BCUT2D eigenvalue weighted by molar-refractivity contribution is 1.06. The van der Waals surface area contributed by atoms with Crippen LogP contribution in [0.1, 0.15) is 5.56 Å². The Morgan fingerprint density at radius 1 is 1.10 bits per heavy atom. The first-order chi connectivity index (χ1) is 9.74. The van der Waals surface area contributed by atoms with Crippen LogP contribution in [-0.4, -0.2) is 9.55 Å². The first kappa shape index (κ1) is 12.9. The van der Waals surface area contributed by atoms with Crippen LogP contribution in [0.15, 0.2) is 65.4 Å². The zero-order chi connectivity index (χ0) is 13.9. The summed E-state index contributed by atoms with van der Waals surface area (Å²) < 4.78 is 3.07. The number of nitrogens with one attached hydrogen (secondary N) is 1. The summed E-state index contributed by atoms with van der Waals surface area (Å²) in [4.78, 5) is 4.40.